The fourth-order valence-corrected chi connectivity index (χ4v) is 1.35. The van der Waals surface area contributed by atoms with Gasteiger partial charge in [-0.05, 0) is 18.2 Å². The molecule has 0 spiro atoms. The SMILES string of the molecule is COc1ccc(OC)c2occc12. The Morgan fingerprint density at radius 2 is 1.69 bits per heavy atom. The van der Waals surface area contributed by atoms with Crippen molar-refractivity contribution in [1.29, 1.82) is 0 Å². The summed E-state index contributed by atoms with van der Waals surface area (Å²) in [7, 11) is 3.25. The number of methoxy groups -OCH3 is 2. The van der Waals surface area contributed by atoms with Crippen LogP contribution in [0.25, 0.3) is 11.0 Å². The summed E-state index contributed by atoms with van der Waals surface area (Å²) in [5.41, 5.74) is 0.724. The van der Waals surface area contributed by atoms with Crippen LogP contribution in [-0.4, -0.2) is 14.2 Å². The van der Waals surface area contributed by atoms with Crippen LogP contribution in [0, 0.1) is 0 Å². The molecule has 1 heterocycles. The van der Waals surface area contributed by atoms with Crippen molar-refractivity contribution in [3.05, 3.63) is 24.5 Å². The molecule has 2 rings (SSSR count). The molecule has 0 atom stereocenters. The first-order valence-electron chi connectivity index (χ1n) is 3.95. The Bertz CT molecular complexity index is 379. The Morgan fingerprint density at radius 1 is 1.00 bits per heavy atom. The number of rotatable bonds is 2. The average Bonchev–Trinajstić information content (AvgIpc) is 2.64. The van der Waals surface area contributed by atoms with Crippen molar-refractivity contribution in [2.75, 3.05) is 14.2 Å². The molecule has 1 aromatic heterocycles. The van der Waals surface area contributed by atoms with Crippen LogP contribution < -0.4 is 9.47 Å². The van der Waals surface area contributed by atoms with Gasteiger partial charge in [0.25, 0.3) is 0 Å². The number of hydrogen-bond acceptors (Lipinski definition) is 3. The third-order valence-electron chi connectivity index (χ3n) is 1.98. The van der Waals surface area contributed by atoms with Gasteiger partial charge in [0.15, 0.2) is 11.3 Å². The fraction of sp³-hybridized carbons (Fsp3) is 0.200. The van der Waals surface area contributed by atoms with E-state index >= 15 is 0 Å². The molecule has 0 aliphatic carbocycles. The monoisotopic (exact) mass is 178 g/mol. The van der Waals surface area contributed by atoms with Gasteiger partial charge in [-0.1, -0.05) is 0 Å². The van der Waals surface area contributed by atoms with Crippen LogP contribution in [-0.2, 0) is 0 Å². The van der Waals surface area contributed by atoms with Gasteiger partial charge in [0.2, 0.25) is 0 Å². The first-order valence-corrected chi connectivity index (χ1v) is 3.95. The van der Waals surface area contributed by atoms with Crippen LogP contribution in [0.1, 0.15) is 0 Å². The molecule has 0 aliphatic heterocycles. The first-order chi connectivity index (χ1) is 6.36. The molecule has 0 aliphatic rings. The molecule has 0 fully saturated rings. The van der Waals surface area contributed by atoms with E-state index in [0.29, 0.717) is 0 Å². The van der Waals surface area contributed by atoms with Crippen molar-refractivity contribution >= 4 is 11.0 Å². The minimum atomic E-state index is 0.723. The highest BCUT2D eigenvalue weighted by molar-refractivity contribution is 5.88. The second-order valence-electron chi connectivity index (χ2n) is 2.63. The van der Waals surface area contributed by atoms with Gasteiger partial charge in [-0.2, -0.15) is 0 Å². The summed E-state index contributed by atoms with van der Waals surface area (Å²) in [5, 5.41) is 0.932. The maximum absolute atomic E-state index is 5.28. The molecule has 0 radical (unpaired) electrons. The molecule has 68 valence electrons. The van der Waals surface area contributed by atoms with Crippen LogP contribution in [0.4, 0.5) is 0 Å². The largest absolute Gasteiger partial charge is 0.496 e. The predicted molar refractivity (Wildman–Crippen MR) is 49.3 cm³/mol. The lowest BCUT2D eigenvalue weighted by Gasteiger charge is -2.03. The second-order valence-corrected chi connectivity index (χ2v) is 2.63. The maximum Gasteiger partial charge on any atom is 0.179 e. The molecular formula is C10H10O3. The minimum absolute atomic E-state index is 0.723. The molecule has 0 saturated carbocycles. The molecule has 0 N–H and O–H groups in total. The van der Waals surface area contributed by atoms with Crippen molar-refractivity contribution in [2.24, 2.45) is 0 Å². The van der Waals surface area contributed by atoms with Gasteiger partial charge >= 0.3 is 0 Å². The average molecular weight is 178 g/mol. The molecule has 0 unspecified atom stereocenters. The lowest BCUT2D eigenvalue weighted by Crippen LogP contribution is -1.86. The number of hydrogen-bond donors (Lipinski definition) is 0. The highest BCUT2D eigenvalue weighted by atomic mass is 16.5. The highest BCUT2D eigenvalue weighted by Crippen LogP contribution is 2.33. The van der Waals surface area contributed by atoms with E-state index in [0.717, 1.165) is 22.5 Å². The summed E-state index contributed by atoms with van der Waals surface area (Å²) in [4.78, 5) is 0. The standard InChI is InChI=1S/C10H10O3/c1-11-8-3-4-9(12-2)10-7(8)5-6-13-10/h3-6H,1-2H3. The van der Waals surface area contributed by atoms with E-state index < -0.39 is 0 Å². The number of furan rings is 1. The maximum atomic E-state index is 5.28. The van der Waals surface area contributed by atoms with E-state index in [2.05, 4.69) is 0 Å². The van der Waals surface area contributed by atoms with Crippen LogP contribution in [0.2, 0.25) is 0 Å². The van der Waals surface area contributed by atoms with E-state index in [4.69, 9.17) is 13.9 Å². The summed E-state index contributed by atoms with van der Waals surface area (Å²) < 4.78 is 15.6. The van der Waals surface area contributed by atoms with Crippen LogP contribution >= 0.6 is 0 Å². The number of fused-ring (bicyclic) bond motifs is 1. The Hall–Kier alpha value is -1.64. The molecule has 0 bridgehead atoms. The Labute approximate surface area is 75.9 Å². The zero-order valence-electron chi connectivity index (χ0n) is 7.53. The number of benzene rings is 1. The molecule has 3 heteroatoms. The van der Waals surface area contributed by atoms with Crippen molar-refractivity contribution in [1.82, 2.24) is 0 Å². The zero-order valence-corrected chi connectivity index (χ0v) is 7.53. The minimum Gasteiger partial charge on any atom is -0.496 e. The van der Waals surface area contributed by atoms with E-state index in [-0.39, 0.29) is 0 Å². The van der Waals surface area contributed by atoms with Crippen molar-refractivity contribution < 1.29 is 13.9 Å². The normalized spacial score (nSPS) is 10.3. The molecule has 0 saturated heterocycles. The molecule has 2 aromatic rings. The second kappa shape index (κ2) is 3.01. The van der Waals surface area contributed by atoms with E-state index in [1.165, 1.54) is 0 Å². The summed E-state index contributed by atoms with van der Waals surface area (Å²) in [6.07, 6.45) is 1.62. The molecular weight excluding hydrogens is 168 g/mol. The van der Waals surface area contributed by atoms with E-state index in [9.17, 15) is 0 Å². The lowest BCUT2D eigenvalue weighted by atomic mass is 10.2. The molecule has 1 aromatic carbocycles. The first kappa shape index (κ1) is 7.98. The highest BCUT2D eigenvalue weighted by Gasteiger charge is 2.08. The summed E-state index contributed by atoms with van der Waals surface area (Å²) in [5.74, 6) is 1.52. The van der Waals surface area contributed by atoms with Gasteiger partial charge in [0.05, 0.1) is 25.9 Å². The third kappa shape index (κ3) is 1.13. The van der Waals surface area contributed by atoms with Gasteiger partial charge in [0, 0.05) is 0 Å². The summed E-state index contributed by atoms with van der Waals surface area (Å²) >= 11 is 0. The Morgan fingerprint density at radius 3 is 2.38 bits per heavy atom. The Kier molecular flexibility index (Phi) is 1.85. The van der Waals surface area contributed by atoms with E-state index in [1.54, 1.807) is 20.5 Å². The zero-order chi connectivity index (χ0) is 9.26. The fourth-order valence-electron chi connectivity index (χ4n) is 1.35. The quantitative estimate of drug-likeness (QED) is 0.707. The Balaban J connectivity index is 2.74. The van der Waals surface area contributed by atoms with Crippen molar-refractivity contribution in [3.63, 3.8) is 0 Å². The topological polar surface area (TPSA) is 31.6 Å². The van der Waals surface area contributed by atoms with Crippen LogP contribution in [0.5, 0.6) is 11.5 Å². The van der Waals surface area contributed by atoms with Crippen LogP contribution in [0.3, 0.4) is 0 Å². The number of ether oxygens (including phenoxy) is 2. The van der Waals surface area contributed by atoms with Gasteiger partial charge in [-0.25, -0.2) is 0 Å². The third-order valence-corrected chi connectivity index (χ3v) is 1.98. The van der Waals surface area contributed by atoms with Crippen molar-refractivity contribution in [3.8, 4) is 11.5 Å². The summed E-state index contributed by atoms with van der Waals surface area (Å²) in [6.45, 7) is 0. The van der Waals surface area contributed by atoms with Gasteiger partial charge in [-0.3, -0.25) is 0 Å². The van der Waals surface area contributed by atoms with E-state index in [1.807, 2.05) is 18.2 Å². The van der Waals surface area contributed by atoms with Gasteiger partial charge in [-0.15, -0.1) is 0 Å². The lowest BCUT2D eigenvalue weighted by molar-refractivity contribution is 0.403. The molecule has 0 amide bonds. The van der Waals surface area contributed by atoms with Crippen molar-refractivity contribution in [2.45, 2.75) is 0 Å². The molecule has 13 heavy (non-hydrogen) atoms. The smallest absolute Gasteiger partial charge is 0.179 e. The molecule has 3 nitrogen and oxygen atoms in total. The van der Waals surface area contributed by atoms with Gasteiger partial charge < -0.3 is 13.9 Å². The predicted octanol–water partition coefficient (Wildman–Crippen LogP) is 2.45. The summed E-state index contributed by atoms with van der Waals surface area (Å²) in [6, 6.07) is 5.54. The van der Waals surface area contributed by atoms with Gasteiger partial charge in [0.1, 0.15) is 5.75 Å². The van der Waals surface area contributed by atoms with Crippen LogP contribution in [0.15, 0.2) is 28.9 Å².